The highest BCUT2D eigenvalue weighted by Crippen LogP contribution is 2.06. The molecule has 2 atom stereocenters. The van der Waals surface area contributed by atoms with Crippen LogP contribution in [-0.2, 0) is 9.47 Å². The average molecular weight is 262 g/mol. The Hall–Kier alpha value is 0.650. The van der Waals surface area contributed by atoms with E-state index >= 15 is 0 Å². The Kier molecular flexibility index (Phi) is 8.70. The zero-order chi connectivity index (χ0) is 9.40. The SMILES string of the molecule is CC(O)C(Br)OCCOCCCl. The van der Waals surface area contributed by atoms with Crippen LogP contribution in [0.4, 0.5) is 0 Å². The maximum absolute atomic E-state index is 8.99. The molecule has 3 nitrogen and oxygen atoms in total. The Morgan fingerprint density at radius 2 is 2.08 bits per heavy atom. The van der Waals surface area contributed by atoms with Gasteiger partial charge in [0.15, 0.2) is 0 Å². The summed E-state index contributed by atoms with van der Waals surface area (Å²) in [4.78, 5) is 0. The lowest BCUT2D eigenvalue weighted by Gasteiger charge is -2.13. The first-order valence-electron chi connectivity index (χ1n) is 3.76. The summed E-state index contributed by atoms with van der Waals surface area (Å²) >= 11 is 8.54. The Bertz CT molecular complexity index is 103. The minimum Gasteiger partial charge on any atom is -0.390 e. The molecule has 74 valence electrons. The normalized spacial score (nSPS) is 16.0. The fourth-order valence-electron chi connectivity index (χ4n) is 0.515. The maximum atomic E-state index is 8.99. The van der Waals surface area contributed by atoms with E-state index in [4.69, 9.17) is 26.2 Å². The lowest BCUT2D eigenvalue weighted by molar-refractivity contribution is -0.00203. The molecule has 0 amide bonds. The van der Waals surface area contributed by atoms with Crippen molar-refractivity contribution in [2.24, 2.45) is 0 Å². The predicted octanol–water partition coefficient (Wildman–Crippen LogP) is 1.36. The number of hydrogen-bond donors (Lipinski definition) is 1. The summed E-state index contributed by atoms with van der Waals surface area (Å²) in [6, 6.07) is 0. The first-order chi connectivity index (χ1) is 5.68. The van der Waals surface area contributed by atoms with E-state index in [1.54, 1.807) is 6.92 Å². The molecule has 0 saturated carbocycles. The third kappa shape index (κ3) is 7.31. The summed E-state index contributed by atoms with van der Waals surface area (Å²) in [6.45, 7) is 3.14. The predicted molar refractivity (Wildman–Crippen MR) is 51.9 cm³/mol. The van der Waals surface area contributed by atoms with Crippen LogP contribution in [0.25, 0.3) is 0 Å². The van der Waals surface area contributed by atoms with Crippen molar-refractivity contribution in [2.45, 2.75) is 18.0 Å². The van der Waals surface area contributed by atoms with Gasteiger partial charge in [-0.2, -0.15) is 0 Å². The van der Waals surface area contributed by atoms with E-state index in [1.165, 1.54) is 0 Å². The number of aliphatic hydroxyl groups is 1. The van der Waals surface area contributed by atoms with E-state index < -0.39 is 6.10 Å². The van der Waals surface area contributed by atoms with E-state index in [2.05, 4.69) is 15.9 Å². The fourth-order valence-corrected chi connectivity index (χ4v) is 0.812. The largest absolute Gasteiger partial charge is 0.390 e. The van der Waals surface area contributed by atoms with Gasteiger partial charge in [-0.25, -0.2) is 0 Å². The topological polar surface area (TPSA) is 38.7 Å². The standard InChI is InChI=1S/C7H14BrClO3/c1-6(10)7(8)12-5-4-11-3-2-9/h6-7,10H,2-5H2,1H3. The van der Waals surface area contributed by atoms with E-state index in [9.17, 15) is 0 Å². The summed E-state index contributed by atoms with van der Waals surface area (Å²) < 4.78 is 10.2. The van der Waals surface area contributed by atoms with Crippen LogP contribution in [0.2, 0.25) is 0 Å². The second kappa shape index (κ2) is 8.26. The van der Waals surface area contributed by atoms with E-state index in [1.807, 2.05) is 0 Å². The van der Waals surface area contributed by atoms with Gasteiger partial charge < -0.3 is 14.6 Å². The highest BCUT2D eigenvalue weighted by Gasteiger charge is 2.09. The van der Waals surface area contributed by atoms with Crippen molar-refractivity contribution in [1.29, 1.82) is 0 Å². The van der Waals surface area contributed by atoms with E-state index in [0.29, 0.717) is 25.7 Å². The average Bonchev–Trinajstić information content (AvgIpc) is 2.03. The third-order valence-corrected chi connectivity index (χ3v) is 2.29. The first kappa shape index (κ1) is 12.7. The van der Waals surface area contributed by atoms with Crippen LogP contribution in [0.3, 0.4) is 0 Å². The number of rotatable bonds is 7. The smallest absolute Gasteiger partial charge is 0.138 e. The highest BCUT2D eigenvalue weighted by molar-refractivity contribution is 9.09. The van der Waals surface area contributed by atoms with Gasteiger partial charge in [-0.15, -0.1) is 11.6 Å². The number of alkyl halides is 2. The molecule has 0 radical (unpaired) electrons. The van der Waals surface area contributed by atoms with Crippen molar-refractivity contribution in [1.82, 2.24) is 0 Å². The molecule has 0 aliphatic carbocycles. The maximum Gasteiger partial charge on any atom is 0.138 e. The lowest BCUT2D eigenvalue weighted by atomic mass is 10.4. The molecule has 0 fully saturated rings. The number of ether oxygens (including phenoxy) is 2. The van der Waals surface area contributed by atoms with Crippen LogP contribution in [-0.4, -0.2) is 41.9 Å². The second-order valence-corrected chi connectivity index (χ2v) is 3.54. The van der Waals surface area contributed by atoms with Crippen LogP contribution >= 0.6 is 27.5 Å². The molecule has 0 bridgehead atoms. The van der Waals surface area contributed by atoms with Crippen LogP contribution in [0, 0.1) is 0 Å². The van der Waals surface area contributed by atoms with Crippen molar-refractivity contribution in [3.05, 3.63) is 0 Å². The molecule has 0 aromatic carbocycles. The molecule has 5 heteroatoms. The van der Waals surface area contributed by atoms with Gasteiger partial charge in [0, 0.05) is 5.88 Å². The van der Waals surface area contributed by atoms with Crippen molar-refractivity contribution < 1.29 is 14.6 Å². The van der Waals surface area contributed by atoms with Crippen LogP contribution in [0.15, 0.2) is 0 Å². The van der Waals surface area contributed by atoms with Gasteiger partial charge in [-0.3, -0.25) is 0 Å². The molecule has 0 rings (SSSR count). The Balaban J connectivity index is 3.08. The molecular formula is C7H14BrClO3. The fraction of sp³-hybridized carbons (Fsp3) is 1.00. The number of hydrogen-bond acceptors (Lipinski definition) is 3. The van der Waals surface area contributed by atoms with Crippen molar-refractivity contribution in [3.63, 3.8) is 0 Å². The number of halogens is 2. The van der Waals surface area contributed by atoms with Gasteiger partial charge in [-0.1, -0.05) is 15.9 Å². The summed E-state index contributed by atoms with van der Waals surface area (Å²) in [5.74, 6) is 0.494. The minimum absolute atomic E-state index is 0.322. The molecule has 2 unspecified atom stereocenters. The van der Waals surface area contributed by atoms with E-state index in [-0.39, 0.29) is 5.01 Å². The summed E-state index contributed by atoms with van der Waals surface area (Å²) in [5.41, 5.74) is 0. The summed E-state index contributed by atoms with van der Waals surface area (Å²) in [7, 11) is 0. The zero-order valence-electron chi connectivity index (χ0n) is 7.00. The van der Waals surface area contributed by atoms with Crippen LogP contribution in [0.5, 0.6) is 0 Å². The molecule has 0 spiro atoms. The molecule has 0 saturated heterocycles. The monoisotopic (exact) mass is 260 g/mol. The van der Waals surface area contributed by atoms with Crippen LogP contribution < -0.4 is 0 Å². The van der Waals surface area contributed by atoms with Gasteiger partial charge in [0.25, 0.3) is 0 Å². The highest BCUT2D eigenvalue weighted by atomic mass is 79.9. The van der Waals surface area contributed by atoms with Crippen molar-refractivity contribution in [3.8, 4) is 0 Å². The molecule has 12 heavy (non-hydrogen) atoms. The van der Waals surface area contributed by atoms with Gasteiger partial charge >= 0.3 is 0 Å². The minimum atomic E-state index is -0.516. The molecule has 0 heterocycles. The van der Waals surface area contributed by atoms with Gasteiger partial charge in [0.2, 0.25) is 0 Å². The van der Waals surface area contributed by atoms with Gasteiger partial charge in [0.1, 0.15) is 5.01 Å². The molecule has 0 aliphatic heterocycles. The van der Waals surface area contributed by atoms with Gasteiger partial charge in [0.05, 0.1) is 25.9 Å². The molecular weight excluding hydrogens is 247 g/mol. The zero-order valence-corrected chi connectivity index (χ0v) is 9.34. The third-order valence-electron chi connectivity index (χ3n) is 1.11. The van der Waals surface area contributed by atoms with Crippen molar-refractivity contribution >= 4 is 27.5 Å². The Labute approximate surface area is 86.1 Å². The first-order valence-corrected chi connectivity index (χ1v) is 5.21. The lowest BCUT2D eigenvalue weighted by Crippen LogP contribution is -2.21. The molecule has 0 aromatic rings. The Morgan fingerprint density at radius 1 is 1.42 bits per heavy atom. The second-order valence-electron chi connectivity index (χ2n) is 2.26. The molecule has 0 aliphatic rings. The van der Waals surface area contributed by atoms with Crippen molar-refractivity contribution in [2.75, 3.05) is 25.7 Å². The number of aliphatic hydroxyl groups excluding tert-OH is 1. The molecule has 1 N–H and O–H groups in total. The Morgan fingerprint density at radius 3 is 2.58 bits per heavy atom. The summed E-state index contributed by atoms with van der Waals surface area (Å²) in [6.07, 6.45) is -0.516. The van der Waals surface area contributed by atoms with Gasteiger partial charge in [-0.05, 0) is 6.92 Å². The van der Waals surface area contributed by atoms with E-state index in [0.717, 1.165) is 0 Å². The van der Waals surface area contributed by atoms with Crippen LogP contribution in [0.1, 0.15) is 6.92 Å². The quantitative estimate of drug-likeness (QED) is 0.555. The molecule has 0 aromatic heterocycles. The summed E-state index contributed by atoms with van der Waals surface area (Å²) in [5, 5.41) is 8.67.